The fraction of sp³-hybridized carbons (Fsp3) is 0.667. The molecular formula is C12H20N4. The molecule has 4 heteroatoms. The lowest BCUT2D eigenvalue weighted by Crippen LogP contribution is -2.33. The van der Waals surface area contributed by atoms with Crippen LogP contribution in [0.15, 0.2) is 12.3 Å². The molecule has 1 aromatic rings. The Morgan fingerprint density at radius 2 is 2.19 bits per heavy atom. The molecular weight excluding hydrogens is 200 g/mol. The van der Waals surface area contributed by atoms with Gasteiger partial charge < -0.3 is 10.2 Å². The highest BCUT2D eigenvalue weighted by Crippen LogP contribution is 2.20. The maximum atomic E-state index is 4.56. The van der Waals surface area contributed by atoms with Crippen molar-refractivity contribution in [1.29, 1.82) is 0 Å². The van der Waals surface area contributed by atoms with Gasteiger partial charge >= 0.3 is 0 Å². The summed E-state index contributed by atoms with van der Waals surface area (Å²) < 4.78 is 0. The van der Waals surface area contributed by atoms with Gasteiger partial charge in [0.25, 0.3) is 0 Å². The summed E-state index contributed by atoms with van der Waals surface area (Å²) in [7, 11) is 1.92. The number of aromatic nitrogens is 2. The van der Waals surface area contributed by atoms with Crippen LogP contribution < -0.4 is 10.2 Å². The molecule has 1 saturated heterocycles. The van der Waals surface area contributed by atoms with E-state index >= 15 is 0 Å². The minimum atomic E-state index is 0.734. The van der Waals surface area contributed by atoms with Gasteiger partial charge in [0.15, 0.2) is 0 Å². The highest BCUT2D eigenvalue weighted by Gasteiger charge is 2.16. The number of hydrogen-bond acceptors (Lipinski definition) is 4. The van der Waals surface area contributed by atoms with Crippen LogP contribution in [0.5, 0.6) is 0 Å². The molecule has 0 radical (unpaired) electrons. The molecule has 16 heavy (non-hydrogen) atoms. The first kappa shape index (κ1) is 11.3. The average molecular weight is 220 g/mol. The Bertz CT molecular complexity index is 332. The highest BCUT2D eigenvalue weighted by molar-refractivity contribution is 5.37. The third-order valence-electron chi connectivity index (χ3n) is 3.13. The topological polar surface area (TPSA) is 41.1 Å². The maximum absolute atomic E-state index is 4.56. The Morgan fingerprint density at radius 1 is 1.44 bits per heavy atom. The van der Waals surface area contributed by atoms with Crippen LogP contribution in [-0.2, 0) is 6.54 Å². The lowest BCUT2D eigenvalue weighted by molar-refractivity contribution is 0.436. The summed E-state index contributed by atoms with van der Waals surface area (Å²) in [5.41, 5.74) is 0. The first-order chi connectivity index (χ1) is 7.79. The standard InChI is InChI=1S/C12H20N4/c1-10-4-7-16(8-5-10)12-3-6-14-11(15-12)9-13-2/h3,6,10,13H,4-5,7-9H2,1-2H3. The maximum Gasteiger partial charge on any atom is 0.144 e. The van der Waals surface area contributed by atoms with Crippen LogP contribution in [0.1, 0.15) is 25.6 Å². The van der Waals surface area contributed by atoms with Crippen molar-refractivity contribution in [2.75, 3.05) is 25.0 Å². The molecule has 0 unspecified atom stereocenters. The summed E-state index contributed by atoms with van der Waals surface area (Å²) in [5, 5.41) is 3.08. The SMILES string of the molecule is CNCc1nccc(N2CCC(C)CC2)n1. The van der Waals surface area contributed by atoms with E-state index in [2.05, 4.69) is 27.1 Å². The molecule has 0 bridgehead atoms. The summed E-state index contributed by atoms with van der Waals surface area (Å²) in [4.78, 5) is 11.2. The predicted molar refractivity (Wildman–Crippen MR) is 65.4 cm³/mol. The van der Waals surface area contributed by atoms with Crippen LogP contribution in [0.2, 0.25) is 0 Å². The van der Waals surface area contributed by atoms with Gasteiger partial charge in [-0.1, -0.05) is 6.92 Å². The number of anilines is 1. The lowest BCUT2D eigenvalue weighted by Gasteiger charge is -2.31. The van der Waals surface area contributed by atoms with Crippen LogP contribution in [0.4, 0.5) is 5.82 Å². The zero-order chi connectivity index (χ0) is 11.4. The van der Waals surface area contributed by atoms with E-state index in [0.29, 0.717) is 0 Å². The number of nitrogens with one attached hydrogen (secondary N) is 1. The van der Waals surface area contributed by atoms with Gasteiger partial charge in [-0.2, -0.15) is 0 Å². The summed E-state index contributed by atoms with van der Waals surface area (Å²) in [5.74, 6) is 2.81. The minimum Gasteiger partial charge on any atom is -0.356 e. The second kappa shape index (κ2) is 5.25. The monoisotopic (exact) mass is 220 g/mol. The van der Waals surface area contributed by atoms with Crippen molar-refractivity contribution in [2.24, 2.45) is 5.92 Å². The molecule has 0 saturated carbocycles. The van der Waals surface area contributed by atoms with Gasteiger partial charge in [0.2, 0.25) is 0 Å². The highest BCUT2D eigenvalue weighted by atomic mass is 15.2. The summed E-state index contributed by atoms with van der Waals surface area (Å²) in [6.07, 6.45) is 4.39. The molecule has 0 amide bonds. The molecule has 1 aliphatic rings. The van der Waals surface area contributed by atoms with Crippen molar-refractivity contribution in [3.8, 4) is 0 Å². The van der Waals surface area contributed by atoms with Crippen LogP contribution >= 0.6 is 0 Å². The average Bonchev–Trinajstić information content (AvgIpc) is 2.31. The molecule has 2 rings (SSSR count). The molecule has 88 valence electrons. The van der Waals surface area contributed by atoms with Gasteiger partial charge in [-0.05, 0) is 31.9 Å². The Balaban J connectivity index is 2.05. The third-order valence-corrected chi connectivity index (χ3v) is 3.13. The second-order valence-corrected chi connectivity index (χ2v) is 4.53. The van der Waals surface area contributed by atoms with E-state index in [9.17, 15) is 0 Å². The fourth-order valence-corrected chi connectivity index (χ4v) is 2.05. The van der Waals surface area contributed by atoms with Crippen molar-refractivity contribution in [3.63, 3.8) is 0 Å². The van der Waals surface area contributed by atoms with Crippen molar-refractivity contribution in [3.05, 3.63) is 18.1 Å². The van der Waals surface area contributed by atoms with Crippen molar-refractivity contribution >= 4 is 5.82 Å². The van der Waals surface area contributed by atoms with Gasteiger partial charge in [-0.25, -0.2) is 9.97 Å². The van der Waals surface area contributed by atoms with E-state index in [1.165, 1.54) is 12.8 Å². The third kappa shape index (κ3) is 2.70. The Morgan fingerprint density at radius 3 is 2.88 bits per heavy atom. The first-order valence-electron chi connectivity index (χ1n) is 6.01. The molecule has 0 aliphatic carbocycles. The van der Waals surface area contributed by atoms with Gasteiger partial charge in [0.05, 0.1) is 6.54 Å². The quantitative estimate of drug-likeness (QED) is 0.836. The van der Waals surface area contributed by atoms with E-state index in [0.717, 1.165) is 37.2 Å². The van der Waals surface area contributed by atoms with E-state index in [4.69, 9.17) is 0 Å². The zero-order valence-corrected chi connectivity index (χ0v) is 10.1. The largest absolute Gasteiger partial charge is 0.356 e. The Hall–Kier alpha value is -1.16. The summed E-state index contributed by atoms with van der Waals surface area (Å²) in [6, 6.07) is 2.01. The normalized spacial score (nSPS) is 17.8. The van der Waals surface area contributed by atoms with Gasteiger partial charge in [0, 0.05) is 19.3 Å². The van der Waals surface area contributed by atoms with E-state index < -0.39 is 0 Å². The molecule has 1 aliphatic heterocycles. The van der Waals surface area contributed by atoms with Crippen LogP contribution in [0, 0.1) is 5.92 Å². The molecule has 0 aromatic carbocycles. The van der Waals surface area contributed by atoms with Crippen LogP contribution in [0.3, 0.4) is 0 Å². The molecule has 2 heterocycles. The second-order valence-electron chi connectivity index (χ2n) is 4.53. The number of piperidine rings is 1. The summed E-state index contributed by atoms with van der Waals surface area (Å²) in [6.45, 7) is 5.30. The van der Waals surface area contributed by atoms with E-state index in [1.807, 2.05) is 19.3 Å². The van der Waals surface area contributed by atoms with Crippen molar-refractivity contribution in [1.82, 2.24) is 15.3 Å². The Labute approximate surface area is 97.1 Å². The van der Waals surface area contributed by atoms with Gasteiger partial charge in [0.1, 0.15) is 11.6 Å². The van der Waals surface area contributed by atoms with Crippen molar-refractivity contribution < 1.29 is 0 Å². The summed E-state index contributed by atoms with van der Waals surface area (Å²) >= 11 is 0. The van der Waals surface area contributed by atoms with Crippen molar-refractivity contribution in [2.45, 2.75) is 26.3 Å². The smallest absolute Gasteiger partial charge is 0.144 e. The minimum absolute atomic E-state index is 0.734. The van der Waals surface area contributed by atoms with Gasteiger partial charge in [-0.3, -0.25) is 0 Å². The van der Waals surface area contributed by atoms with E-state index in [1.54, 1.807) is 0 Å². The van der Waals surface area contributed by atoms with Crippen LogP contribution in [-0.4, -0.2) is 30.1 Å². The lowest BCUT2D eigenvalue weighted by atomic mass is 9.99. The first-order valence-corrected chi connectivity index (χ1v) is 6.01. The molecule has 0 atom stereocenters. The Kier molecular flexibility index (Phi) is 3.72. The molecule has 1 fully saturated rings. The number of rotatable bonds is 3. The fourth-order valence-electron chi connectivity index (χ4n) is 2.05. The molecule has 0 spiro atoms. The number of nitrogens with zero attached hydrogens (tertiary/aromatic N) is 3. The molecule has 1 aromatic heterocycles. The van der Waals surface area contributed by atoms with Crippen LogP contribution in [0.25, 0.3) is 0 Å². The molecule has 4 nitrogen and oxygen atoms in total. The molecule has 1 N–H and O–H groups in total. The van der Waals surface area contributed by atoms with Gasteiger partial charge in [-0.15, -0.1) is 0 Å². The van der Waals surface area contributed by atoms with E-state index in [-0.39, 0.29) is 0 Å². The zero-order valence-electron chi connectivity index (χ0n) is 10.1. The predicted octanol–water partition coefficient (Wildman–Crippen LogP) is 1.43. The number of hydrogen-bond donors (Lipinski definition) is 1.